The molecule has 0 saturated heterocycles. The van der Waals surface area contributed by atoms with E-state index in [2.05, 4.69) is 20.9 Å². The summed E-state index contributed by atoms with van der Waals surface area (Å²) in [6.45, 7) is 5.76. The number of rotatable bonds is 6. The third-order valence-electron chi connectivity index (χ3n) is 3.36. The lowest BCUT2D eigenvalue weighted by molar-refractivity contribution is -0.125. The largest absolute Gasteiger partial charge is 0.354 e. The van der Waals surface area contributed by atoms with Gasteiger partial charge in [-0.05, 0) is 32.9 Å². The maximum atomic E-state index is 12.3. The van der Waals surface area contributed by atoms with E-state index in [1.807, 2.05) is 30.5 Å². The summed E-state index contributed by atoms with van der Waals surface area (Å²) in [6.07, 6.45) is 0.669. The van der Waals surface area contributed by atoms with Crippen molar-refractivity contribution in [1.29, 1.82) is 0 Å². The number of nitrogens with zero attached hydrogens (tertiary/aromatic N) is 1. The normalized spacial score (nSPS) is 11.0. The summed E-state index contributed by atoms with van der Waals surface area (Å²) in [5.41, 5.74) is 0.618. The highest BCUT2D eigenvalue weighted by atomic mass is 32.1. The van der Waals surface area contributed by atoms with Gasteiger partial charge in [-0.25, -0.2) is 9.78 Å². The van der Waals surface area contributed by atoms with Crippen molar-refractivity contribution in [3.8, 4) is 0 Å². The van der Waals surface area contributed by atoms with Gasteiger partial charge in [-0.2, -0.15) is 0 Å². The molecule has 0 aliphatic heterocycles. The molecule has 1 aromatic carbocycles. The Hall–Kier alpha value is -2.41. The highest BCUT2D eigenvalue weighted by Gasteiger charge is 2.29. The third-order valence-corrected chi connectivity index (χ3v) is 4.18. The lowest BCUT2D eigenvalue weighted by Crippen LogP contribution is -2.56. The van der Waals surface area contributed by atoms with Crippen LogP contribution in [0, 0.1) is 6.92 Å². The van der Waals surface area contributed by atoms with E-state index in [1.54, 1.807) is 37.3 Å². The quantitative estimate of drug-likeness (QED) is 0.752. The summed E-state index contributed by atoms with van der Waals surface area (Å²) in [5.74, 6) is -0.238. The number of aryl methyl sites for hydroxylation is 1. The first-order valence-corrected chi connectivity index (χ1v) is 8.58. The molecular weight excluding hydrogens is 324 g/mol. The number of aromatic nitrogens is 1. The Kier molecular flexibility index (Phi) is 5.92. The summed E-state index contributed by atoms with van der Waals surface area (Å²) in [5, 5.41) is 11.2. The maximum Gasteiger partial charge on any atom is 0.320 e. The van der Waals surface area contributed by atoms with Crippen molar-refractivity contribution in [3.63, 3.8) is 0 Å². The molecule has 1 heterocycles. The summed E-state index contributed by atoms with van der Waals surface area (Å²) in [4.78, 5) is 28.6. The van der Waals surface area contributed by atoms with Crippen LogP contribution in [0.5, 0.6) is 0 Å². The van der Waals surface area contributed by atoms with Crippen molar-refractivity contribution in [2.45, 2.75) is 32.7 Å². The highest BCUT2D eigenvalue weighted by molar-refractivity contribution is 7.09. The van der Waals surface area contributed by atoms with Gasteiger partial charge in [0.2, 0.25) is 5.91 Å². The molecule has 0 fully saturated rings. The number of amides is 3. The molecule has 0 bridgehead atoms. The standard InChI is InChI=1S/C17H22N4O2S/c1-12-19-14(11-24-12)9-10-18-15(22)17(2,3)21-16(23)20-13-7-5-4-6-8-13/h4-8,11H,9-10H2,1-3H3,(H,18,22)(H2,20,21,23). The molecule has 0 spiro atoms. The molecule has 0 radical (unpaired) electrons. The molecule has 2 aromatic rings. The van der Waals surface area contributed by atoms with Crippen molar-refractivity contribution < 1.29 is 9.59 Å². The second-order valence-corrected chi connectivity index (χ2v) is 7.00. The lowest BCUT2D eigenvalue weighted by atomic mass is 10.0. The molecule has 0 aliphatic rings. The first-order chi connectivity index (χ1) is 11.4. The molecule has 3 amide bonds. The zero-order valence-electron chi connectivity index (χ0n) is 14.1. The number of hydrogen-bond donors (Lipinski definition) is 3. The molecule has 0 unspecified atom stereocenters. The number of para-hydroxylation sites is 1. The van der Waals surface area contributed by atoms with E-state index >= 15 is 0 Å². The van der Waals surface area contributed by atoms with Crippen LogP contribution in [0.4, 0.5) is 10.5 Å². The van der Waals surface area contributed by atoms with E-state index < -0.39 is 11.6 Å². The van der Waals surface area contributed by atoms with Crippen LogP contribution in [0.1, 0.15) is 24.5 Å². The number of nitrogens with one attached hydrogen (secondary N) is 3. The summed E-state index contributed by atoms with van der Waals surface area (Å²) >= 11 is 1.59. The number of carbonyl (C=O) groups is 2. The predicted molar refractivity (Wildman–Crippen MR) is 96.2 cm³/mol. The minimum atomic E-state index is -1.02. The van der Waals surface area contributed by atoms with E-state index in [-0.39, 0.29) is 5.91 Å². The Labute approximate surface area is 145 Å². The Bertz CT molecular complexity index is 698. The number of urea groups is 1. The molecular formula is C17H22N4O2S. The Morgan fingerprint density at radius 2 is 1.92 bits per heavy atom. The molecule has 0 atom stereocenters. The Balaban J connectivity index is 1.80. The molecule has 0 saturated carbocycles. The number of thiazole rings is 1. The smallest absolute Gasteiger partial charge is 0.320 e. The molecule has 24 heavy (non-hydrogen) atoms. The van der Waals surface area contributed by atoms with Crippen LogP contribution >= 0.6 is 11.3 Å². The monoisotopic (exact) mass is 346 g/mol. The average molecular weight is 346 g/mol. The zero-order valence-corrected chi connectivity index (χ0v) is 14.9. The van der Waals surface area contributed by atoms with Gasteiger partial charge in [0, 0.05) is 24.0 Å². The SMILES string of the molecule is Cc1nc(CCNC(=O)C(C)(C)NC(=O)Nc2ccccc2)cs1. The molecule has 2 rings (SSSR count). The second kappa shape index (κ2) is 7.92. The fraction of sp³-hybridized carbons (Fsp3) is 0.353. The van der Waals surface area contributed by atoms with Gasteiger partial charge in [0.15, 0.2) is 0 Å². The molecule has 128 valence electrons. The number of anilines is 1. The van der Waals surface area contributed by atoms with Gasteiger partial charge in [-0.15, -0.1) is 11.3 Å². The minimum Gasteiger partial charge on any atom is -0.354 e. The van der Waals surface area contributed by atoms with Gasteiger partial charge in [-0.3, -0.25) is 4.79 Å². The van der Waals surface area contributed by atoms with Crippen LogP contribution in [-0.2, 0) is 11.2 Å². The first kappa shape index (κ1) is 17.9. The van der Waals surface area contributed by atoms with Crippen molar-refractivity contribution in [2.75, 3.05) is 11.9 Å². The van der Waals surface area contributed by atoms with Crippen LogP contribution in [0.25, 0.3) is 0 Å². The minimum absolute atomic E-state index is 0.238. The summed E-state index contributed by atoms with van der Waals surface area (Å²) in [6, 6.07) is 8.66. The van der Waals surface area contributed by atoms with Crippen LogP contribution in [-0.4, -0.2) is 29.0 Å². The number of carbonyl (C=O) groups excluding carboxylic acids is 2. The van der Waals surface area contributed by atoms with E-state index in [9.17, 15) is 9.59 Å². The van der Waals surface area contributed by atoms with E-state index in [0.29, 0.717) is 18.7 Å². The van der Waals surface area contributed by atoms with Crippen molar-refractivity contribution in [2.24, 2.45) is 0 Å². The van der Waals surface area contributed by atoms with Crippen LogP contribution in [0.3, 0.4) is 0 Å². The van der Waals surface area contributed by atoms with Crippen molar-refractivity contribution >= 4 is 29.0 Å². The van der Waals surface area contributed by atoms with E-state index in [1.165, 1.54) is 0 Å². The van der Waals surface area contributed by atoms with Crippen molar-refractivity contribution in [3.05, 3.63) is 46.4 Å². The molecule has 3 N–H and O–H groups in total. The van der Waals surface area contributed by atoms with Gasteiger partial charge in [0.05, 0.1) is 10.7 Å². The second-order valence-electron chi connectivity index (χ2n) is 5.93. The Morgan fingerprint density at radius 1 is 1.21 bits per heavy atom. The van der Waals surface area contributed by atoms with Gasteiger partial charge in [0.25, 0.3) is 0 Å². The maximum absolute atomic E-state index is 12.3. The average Bonchev–Trinajstić information content (AvgIpc) is 2.93. The third kappa shape index (κ3) is 5.34. The zero-order chi connectivity index (χ0) is 17.6. The van der Waals surface area contributed by atoms with Crippen LogP contribution in [0.2, 0.25) is 0 Å². The van der Waals surface area contributed by atoms with Gasteiger partial charge in [0.1, 0.15) is 5.54 Å². The van der Waals surface area contributed by atoms with Gasteiger partial charge in [-0.1, -0.05) is 18.2 Å². The number of hydrogen-bond acceptors (Lipinski definition) is 4. The topological polar surface area (TPSA) is 83.1 Å². The van der Waals surface area contributed by atoms with Crippen molar-refractivity contribution in [1.82, 2.24) is 15.6 Å². The van der Waals surface area contributed by atoms with Crippen LogP contribution < -0.4 is 16.0 Å². The summed E-state index contributed by atoms with van der Waals surface area (Å²) in [7, 11) is 0. The highest BCUT2D eigenvalue weighted by Crippen LogP contribution is 2.09. The van der Waals surface area contributed by atoms with E-state index in [0.717, 1.165) is 10.7 Å². The lowest BCUT2D eigenvalue weighted by Gasteiger charge is -2.25. The molecule has 1 aromatic heterocycles. The van der Waals surface area contributed by atoms with E-state index in [4.69, 9.17) is 0 Å². The van der Waals surface area contributed by atoms with Gasteiger partial charge >= 0.3 is 6.03 Å². The first-order valence-electron chi connectivity index (χ1n) is 7.70. The molecule has 0 aliphatic carbocycles. The number of benzene rings is 1. The fourth-order valence-electron chi connectivity index (χ4n) is 2.07. The van der Waals surface area contributed by atoms with Gasteiger partial charge < -0.3 is 16.0 Å². The summed E-state index contributed by atoms with van der Waals surface area (Å²) < 4.78 is 0. The molecule has 6 nitrogen and oxygen atoms in total. The molecule has 7 heteroatoms. The van der Waals surface area contributed by atoms with Crippen LogP contribution in [0.15, 0.2) is 35.7 Å². The Morgan fingerprint density at radius 3 is 2.54 bits per heavy atom. The fourth-order valence-corrected chi connectivity index (χ4v) is 2.72. The predicted octanol–water partition coefficient (Wildman–Crippen LogP) is 2.71.